The normalized spacial score (nSPS) is 12.5. The molecule has 1 aliphatic rings. The molecule has 10 aromatic carbocycles. The zero-order valence-electron chi connectivity index (χ0n) is 35.0. The molecule has 1 aliphatic carbocycles. The van der Waals surface area contributed by atoms with Gasteiger partial charge in [-0.15, -0.1) is 0 Å². The second-order valence-electron chi connectivity index (χ2n) is 16.9. The van der Waals surface area contributed by atoms with Crippen molar-refractivity contribution in [3.05, 3.63) is 248 Å². The number of fused-ring (bicyclic) bond motifs is 4. The van der Waals surface area contributed by atoms with Crippen molar-refractivity contribution in [1.82, 2.24) is 0 Å². The summed E-state index contributed by atoms with van der Waals surface area (Å²) in [5, 5.41) is 2.48. The van der Waals surface area contributed by atoms with Gasteiger partial charge in [-0.1, -0.05) is 208 Å². The summed E-state index contributed by atoms with van der Waals surface area (Å²) in [7, 11) is 0. The van der Waals surface area contributed by atoms with Crippen LogP contribution in [0.1, 0.15) is 25.0 Å². The van der Waals surface area contributed by atoms with E-state index in [9.17, 15) is 0 Å². The Morgan fingerprint density at radius 3 is 1.50 bits per heavy atom. The van der Waals surface area contributed by atoms with Crippen LogP contribution in [0.2, 0.25) is 0 Å². The van der Waals surface area contributed by atoms with Gasteiger partial charge in [-0.25, -0.2) is 0 Å². The fourth-order valence-corrected chi connectivity index (χ4v) is 9.67. The van der Waals surface area contributed by atoms with Gasteiger partial charge in [0.05, 0.1) is 0 Å². The molecule has 62 heavy (non-hydrogen) atoms. The lowest BCUT2D eigenvalue weighted by molar-refractivity contribution is 0.660. The first kappa shape index (κ1) is 37.3. The van der Waals surface area contributed by atoms with E-state index in [0.29, 0.717) is 0 Å². The smallest absolute Gasteiger partial charge is 0.0467 e. The fraction of sp³-hybridized carbons (Fsp3) is 0.0492. The Labute approximate surface area is 364 Å². The van der Waals surface area contributed by atoms with E-state index in [2.05, 4.69) is 255 Å². The number of rotatable bonds is 8. The molecule has 294 valence electrons. The molecule has 0 saturated heterocycles. The van der Waals surface area contributed by atoms with Crippen molar-refractivity contribution in [1.29, 1.82) is 0 Å². The molecule has 0 unspecified atom stereocenters. The molecular weight excluding hydrogens is 747 g/mol. The molecule has 0 saturated carbocycles. The quantitative estimate of drug-likeness (QED) is 0.148. The van der Waals surface area contributed by atoms with Crippen LogP contribution in [0.4, 0.5) is 17.1 Å². The van der Waals surface area contributed by atoms with E-state index in [1.54, 1.807) is 0 Å². The Morgan fingerprint density at radius 2 is 0.758 bits per heavy atom. The van der Waals surface area contributed by atoms with Gasteiger partial charge in [-0.3, -0.25) is 0 Å². The van der Waals surface area contributed by atoms with Crippen molar-refractivity contribution >= 4 is 27.8 Å². The van der Waals surface area contributed by atoms with Gasteiger partial charge in [-0.05, 0) is 131 Å². The van der Waals surface area contributed by atoms with Crippen LogP contribution in [0.15, 0.2) is 237 Å². The molecule has 0 atom stereocenters. The van der Waals surface area contributed by atoms with Crippen LogP contribution in [-0.4, -0.2) is 0 Å². The minimum absolute atomic E-state index is 0.125. The topological polar surface area (TPSA) is 3.24 Å². The van der Waals surface area contributed by atoms with Crippen LogP contribution < -0.4 is 4.90 Å². The maximum absolute atomic E-state index is 2.43. The summed E-state index contributed by atoms with van der Waals surface area (Å²) in [5.74, 6) is 0. The van der Waals surface area contributed by atoms with E-state index < -0.39 is 0 Å². The molecule has 1 heteroatoms. The van der Waals surface area contributed by atoms with Crippen molar-refractivity contribution in [3.63, 3.8) is 0 Å². The molecule has 10 aromatic rings. The number of anilines is 3. The van der Waals surface area contributed by atoms with Crippen LogP contribution in [0.25, 0.3) is 77.5 Å². The summed E-state index contributed by atoms with van der Waals surface area (Å²) in [5.41, 5.74) is 20.6. The first-order chi connectivity index (χ1) is 30.5. The van der Waals surface area contributed by atoms with Crippen LogP contribution in [-0.2, 0) is 5.41 Å². The SMILES string of the molecule is CC1(C)c2ccccc2-c2ccc(N(c3ccc(-c4ccccc4)cc3)c3cccc(-c4cc(-c5ccc(-c6ccccc6)cc5)ccc4-c4cccc5ccccc45)c3)cc21. The van der Waals surface area contributed by atoms with Crippen LogP contribution in [0, 0.1) is 0 Å². The highest BCUT2D eigenvalue weighted by Crippen LogP contribution is 2.51. The Morgan fingerprint density at radius 1 is 0.274 bits per heavy atom. The van der Waals surface area contributed by atoms with E-state index >= 15 is 0 Å². The second-order valence-corrected chi connectivity index (χ2v) is 16.9. The summed E-state index contributed by atoms with van der Waals surface area (Å²) in [6, 6.07) is 86.7. The van der Waals surface area contributed by atoms with Crippen molar-refractivity contribution in [3.8, 4) is 66.8 Å². The molecule has 0 aromatic heterocycles. The third-order valence-corrected chi connectivity index (χ3v) is 12.9. The molecule has 0 amide bonds. The molecule has 0 bridgehead atoms. The predicted octanol–water partition coefficient (Wildman–Crippen LogP) is 17.0. The lowest BCUT2D eigenvalue weighted by atomic mass is 9.82. The summed E-state index contributed by atoms with van der Waals surface area (Å²) in [6.45, 7) is 4.72. The molecule has 0 spiro atoms. The van der Waals surface area contributed by atoms with E-state index in [0.717, 1.165) is 22.6 Å². The third kappa shape index (κ3) is 6.60. The predicted molar refractivity (Wildman–Crippen MR) is 263 cm³/mol. The van der Waals surface area contributed by atoms with Gasteiger partial charge >= 0.3 is 0 Å². The van der Waals surface area contributed by atoms with Gasteiger partial charge in [0.1, 0.15) is 0 Å². The molecular formula is C61H45N. The maximum atomic E-state index is 2.43. The minimum Gasteiger partial charge on any atom is -0.310 e. The monoisotopic (exact) mass is 791 g/mol. The average molecular weight is 792 g/mol. The number of hydrogen-bond acceptors (Lipinski definition) is 1. The molecule has 0 heterocycles. The van der Waals surface area contributed by atoms with E-state index in [1.165, 1.54) is 83.1 Å². The van der Waals surface area contributed by atoms with Crippen LogP contribution >= 0.6 is 0 Å². The van der Waals surface area contributed by atoms with Crippen molar-refractivity contribution in [2.45, 2.75) is 19.3 Å². The van der Waals surface area contributed by atoms with Crippen molar-refractivity contribution in [2.75, 3.05) is 4.90 Å². The van der Waals surface area contributed by atoms with Gasteiger partial charge in [-0.2, -0.15) is 0 Å². The fourth-order valence-electron chi connectivity index (χ4n) is 9.67. The highest BCUT2D eigenvalue weighted by atomic mass is 15.1. The molecule has 1 nitrogen and oxygen atoms in total. The first-order valence-electron chi connectivity index (χ1n) is 21.6. The Balaban J connectivity index is 1.07. The minimum atomic E-state index is -0.125. The number of hydrogen-bond donors (Lipinski definition) is 0. The molecule has 0 N–H and O–H groups in total. The van der Waals surface area contributed by atoms with Crippen molar-refractivity contribution in [2.24, 2.45) is 0 Å². The van der Waals surface area contributed by atoms with Gasteiger partial charge in [0.15, 0.2) is 0 Å². The lowest BCUT2D eigenvalue weighted by Crippen LogP contribution is -2.16. The van der Waals surface area contributed by atoms with Crippen LogP contribution in [0.5, 0.6) is 0 Å². The second kappa shape index (κ2) is 15.4. The highest BCUT2D eigenvalue weighted by Gasteiger charge is 2.35. The standard InChI is InChI=1S/C61H45N/c1-61(2)59-26-12-11-24-56(59)57-38-36-52(41-60(57)61)62(50-34-31-45(32-35-50)43-17-7-4-8-18-43)51-22-13-21-49(39-51)58-40-48(46-29-27-44(28-30-46)42-15-5-3-6-16-42)33-37-55(58)54-25-14-20-47-19-9-10-23-53(47)54/h3-41H,1-2H3. The van der Waals surface area contributed by atoms with E-state index in [-0.39, 0.29) is 5.41 Å². The van der Waals surface area contributed by atoms with Gasteiger partial charge < -0.3 is 4.90 Å². The Kier molecular flexibility index (Phi) is 9.24. The first-order valence-corrected chi connectivity index (χ1v) is 21.6. The summed E-state index contributed by atoms with van der Waals surface area (Å²) < 4.78 is 0. The molecule has 0 radical (unpaired) electrons. The number of nitrogens with zero attached hydrogens (tertiary/aromatic N) is 1. The van der Waals surface area contributed by atoms with E-state index in [4.69, 9.17) is 0 Å². The lowest BCUT2D eigenvalue weighted by Gasteiger charge is -2.29. The Hall–Kier alpha value is -7.74. The van der Waals surface area contributed by atoms with Gasteiger partial charge in [0.2, 0.25) is 0 Å². The Bertz CT molecular complexity index is 3230. The zero-order valence-corrected chi connectivity index (χ0v) is 35.0. The van der Waals surface area contributed by atoms with E-state index in [1.807, 2.05) is 0 Å². The van der Waals surface area contributed by atoms with Crippen molar-refractivity contribution < 1.29 is 0 Å². The number of benzene rings is 10. The molecule has 11 rings (SSSR count). The van der Waals surface area contributed by atoms with Gasteiger partial charge in [0.25, 0.3) is 0 Å². The maximum Gasteiger partial charge on any atom is 0.0467 e. The van der Waals surface area contributed by atoms with Crippen LogP contribution in [0.3, 0.4) is 0 Å². The summed E-state index contributed by atoms with van der Waals surface area (Å²) in [4.78, 5) is 2.43. The summed E-state index contributed by atoms with van der Waals surface area (Å²) in [6.07, 6.45) is 0. The molecule has 0 fully saturated rings. The zero-order chi connectivity index (χ0) is 41.6. The largest absolute Gasteiger partial charge is 0.310 e. The highest BCUT2D eigenvalue weighted by molar-refractivity contribution is 6.01. The molecule has 0 aliphatic heterocycles. The third-order valence-electron chi connectivity index (χ3n) is 12.9. The average Bonchev–Trinajstić information content (AvgIpc) is 3.57. The van der Waals surface area contributed by atoms with Gasteiger partial charge in [0, 0.05) is 22.5 Å². The summed E-state index contributed by atoms with van der Waals surface area (Å²) >= 11 is 0.